The molecule has 0 aliphatic heterocycles. The summed E-state index contributed by atoms with van der Waals surface area (Å²) in [7, 11) is 0. The molecule has 2 N–H and O–H groups in total. The van der Waals surface area contributed by atoms with Gasteiger partial charge in [0.05, 0.1) is 0 Å². The van der Waals surface area contributed by atoms with Crippen molar-refractivity contribution in [3.63, 3.8) is 0 Å². The van der Waals surface area contributed by atoms with Crippen molar-refractivity contribution in [2.45, 2.75) is 64.8 Å². The highest BCUT2D eigenvalue weighted by Gasteiger charge is 2.32. The van der Waals surface area contributed by atoms with Crippen molar-refractivity contribution in [1.29, 1.82) is 0 Å². The summed E-state index contributed by atoms with van der Waals surface area (Å²) >= 11 is 0. The standard InChI is InChI=1S/C18H29N/c1-4-15-8-10-18(19,11-9-15)17-7-5-6-16(13-17)12-14(2)3/h5-7,13-15H,4,8-12,19H2,1-3H3. The number of rotatable bonds is 4. The molecule has 106 valence electrons. The average molecular weight is 259 g/mol. The molecule has 1 fully saturated rings. The molecule has 0 aromatic heterocycles. The van der Waals surface area contributed by atoms with E-state index in [0.29, 0.717) is 5.92 Å². The molecule has 0 bridgehead atoms. The van der Waals surface area contributed by atoms with Crippen molar-refractivity contribution >= 4 is 0 Å². The first-order valence-corrected chi connectivity index (χ1v) is 7.92. The summed E-state index contributed by atoms with van der Waals surface area (Å²) in [6, 6.07) is 9.01. The molecule has 0 amide bonds. The predicted molar refractivity (Wildman–Crippen MR) is 83.1 cm³/mol. The first kappa shape index (κ1) is 14.6. The lowest BCUT2D eigenvalue weighted by Crippen LogP contribution is -2.40. The van der Waals surface area contributed by atoms with Gasteiger partial charge in [0.2, 0.25) is 0 Å². The summed E-state index contributed by atoms with van der Waals surface area (Å²) in [5.74, 6) is 1.61. The van der Waals surface area contributed by atoms with E-state index in [2.05, 4.69) is 45.0 Å². The SMILES string of the molecule is CCC1CCC(N)(c2cccc(CC(C)C)c2)CC1. The Balaban J connectivity index is 2.12. The summed E-state index contributed by atoms with van der Waals surface area (Å²) in [4.78, 5) is 0. The Hall–Kier alpha value is -0.820. The lowest BCUT2D eigenvalue weighted by Gasteiger charge is -2.37. The van der Waals surface area contributed by atoms with Gasteiger partial charge in [0.25, 0.3) is 0 Å². The van der Waals surface area contributed by atoms with E-state index in [1.807, 2.05) is 0 Å². The molecule has 1 aliphatic carbocycles. The topological polar surface area (TPSA) is 26.0 Å². The Morgan fingerprint density at radius 1 is 1.26 bits per heavy atom. The zero-order valence-corrected chi connectivity index (χ0v) is 12.8. The summed E-state index contributed by atoms with van der Waals surface area (Å²) in [6.07, 6.45) is 7.35. The van der Waals surface area contributed by atoms with Crippen molar-refractivity contribution < 1.29 is 0 Å². The second kappa shape index (κ2) is 6.09. The predicted octanol–water partition coefficient (Wildman–Crippen LogP) is 4.64. The Morgan fingerprint density at radius 2 is 1.95 bits per heavy atom. The van der Waals surface area contributed by atoms with Crippen molar-refractivity contribution in [1.82, 2.24) is 0 Å². The van der Waals surface area contributed by atoms with Gasteiger partial charge in [-0.3, -0.25) is 0 Å². The Labute approximate surface area is 118 Å². The largest absolute Gasteiger partial charge is 0.321 e. The Kier molecular flexibility index (Phi) is 4.67. The molecule has 1 heteroatoms. The normalized spacial score (nSPS) is 27.7. The zero-order valence-electron chi connectivity index (χ0n) is 12.8. The minimum absolute atomic E-state index is 0.0708. The molecule has 1 saturated carbocycles. The maximum absolute atomic E-state index is 6.70. The van der Waals surface area contributed by atoms with E-state index >= 15 is 0 Å². The van der Waals surface area contributed by atoms with Gasteiger partial charge in [0.1, 0.15) is 0 Å². The molecule has 0 heterocycles. The van der Waals surface area contributed by atoms with Gasteiger partial charge in [0, 0.05) is 5.54 Å². The maximum Gasteiger partial charge on any atom is 0.0409 e. The minimum Gasteiger partial charge on any atom is -0.321 e. The third-order valence-corrected chi connectivity index (χ3v) is 4.72. The molecule has 0 spiro atoms. The van der Waals surface area contributed by atoms with Crippen LogP contribution in [0.15, 0.2) is 24.3 Å². The molecule has 1 aromatic rings. The molecule has 0 unspecified atom stereocenters. The minimum atomic E-state index is -0.0708. The van der Waals surface area contributed by atoms with Gasteiger partial charge in [-0.25, -0.2) is 0 Å². The van der Waals surface area contributed by atoms with Crippen LogP contribution >= 0.6 is 0 Å². The van der Waals surface area contributed by atoms with E-state index in [1.165, 1.54) is 30.4 Å². The van der Waals surface area contributed by atoms with Crippen LogP contribution < -0.4 is 5.73 Å². The van der Waals surface area contributed by atoms with Crippen LogP contribution in [0.1, 0.15) is 64.0 Å². The third-order valence-electron chi connectivity index (χ3n) is 4.72. The van der Waals surface area contributed by atoms with E-state index in [1.54, 1.807) is 0 Å². The Bertz CT molecular complexity index is 400. The molecule has 1 nitrogen and oxygen atoms in total. The molecule has 1 aliphatic rings. The zero-order chi connectivity index (χ0) is 13.9. The van der Waals surface area contributed by atoms with Gasteiger partial charge >= 0.3 is 0 Å². The average Bonchev–Trinajstić information content (AvgIpc) is 2.39. The van der Waals surface area contributed by atoms with E-state index < -0.39 is 0 Å². The van der Waals surface area contributed by atoms with Crippen molar-refractivity contribution in [2.24, 2.45) is 17.6 Å². The number of hydrogen-bond acceptors (Lipinski definition) is 1. The van der Waals surface area contributed by atoms with Gasteiger partial charge < -0.3 is 5.73 Å². The van der Waals surface area contributed by atoms with Crippen LogP contribution in [-0.2, 0) is 12.0 Å². The molecule has 0 saturated heterocycles. The second-order valence-electron chi connectivity index (χ2n) is 6.81. The summed E-state index contributed by atoms with van der Waals surface area (Å²) in [5, 5.41) is 0. The van der Waals surface area contributed by atoms with Crippen molar-refractivity contribution in [3.05, 3.63) is 35.4 Å². The van der Waals surface area contributed by atoms with Gasteiger partial charge in [-0.1, -0.05) is 51.5 Å². The lowest BCUT2D eigenvalue weighted by atomic mass is 9.72. The molecule has 0 radical (unpaired) electrons. The van der Waals surface area contributed by atoms with Gasteiger partial charge in [0.15, 0.2) is 0 Å². The summed E-state index contributed by atoms with van der Waals surface area (Å²) < 4.78 is 0. The van der Waals surface area contributed by atoms with Crippen LogP contribution in [0.2, 0.25) is 0 Å². The summed E-state index contributed by atoms with van der Waals surface area (Å²) in [6.45, 7) is 6.85. The van der Waals surface area contributed by atoms with Crippen molar-refractivity contribution in [3.8, 4) is 0 Å². The summed E-state index contributed by atoms with van der Waals surface area (Å²) in [5.41, 5.74) is 9.43. The van der Waals surface area contributed by atoms with Crippen LogP contribution in [0.3, 0.4) is 0 Å². The quantitative estimate of drug-likeness (QED) is 0.837. The number of benzene rings is 1. The fraction of sp³-hybridized carbons (Fsp3) is 0.667. The van der Waals surface area contributed by atoms with Gasteiger partial charge in [-0.2, -0.15) is 0 Å². The maximum atomic E-state index is 6.70. The molecule has 2 rings (SSSR count). The highest BCUT2D eigenvalue weighted by atomic mass is 14.7. The van der Waals surface area contributed by atoms with E-state index in [4.69, 9.17) is 5.73 Å². The Morgan fingerprint density at radius 3 is 2.53 bits per heavy atom. The fourth-order valence-electron chi connectivity index (χ4n) is 3.37. The van der Waals surface area contributed by atoms with Crippen LogP contribution in [-0.4, -0.2) is 0 Å². The number of hydrogen-bond donors (Lipinski definition) is 1. The first-order chi connectivity index (χ1) is 9.03. The van der Waals surface area contributed by atoms with Crippen LogP contribution in [0.5, 0.6) is 0 Å². The van der Waals surface area contributed by atoms with Crippen LogP contribution in [0.4, 0.5) is 0 Å². The highest BCUT2D eigenvalue weighted by molar-refractivity contribution is 5.30. The van der Waals surface area contributed by atoms with Crippen LogP contribution in [0, 0.1) is 11.8 Å². The highest BCUT2D eigenvalue weighted by Crippen LogP contribution is 2.38. The van der Waals surface area contributed by atoms with E-state index in [-0.39, 0.29) is 5.54 Å². The van der Waals surface area contributed by atoms with Gasteiger partial charge in [-0.05, 0) is 55.1 Å². The molecule has 0 atom stereocenters. The lowest BCUT2D eigenvalue weighted by molar-refractivity contribution is 0.231. The smallest absolute Gasteiger partial charge is 0.0409 e. The van der Waals surface area contributed by atoms with Crippen molar-refractivity contribution in [2.75, 3.05) is 0 Å². The molecular weight excluding hydrogens is 230 g/mol. The van der Waals surface area contributed by atoms with E-state index in [9.17, 15) is 0 Å². The van der Waals surface area contributed by atoms with Gasteiger partial charge in [-0.15, -0.1) is 0 Å². The third kappa shape index (κ3) is 3.60. The molecule has 19 heavy (non-hydrogen) atoms. The first-order valence-electron chi connectivity index (χ1n) is 7.92. The van der Waals surface area contributed by atoms with E-state index in [0.717, 1.165) is 25.2 Å². The monoisotopic (exact) mass is 259 g/mol. The molecule has 1 aromatic carbocycles. The fourth-order valence-corrected chi connectivity index (χ4v) is 3.37. The second-order valence-corrected chi connectivity index (χ2v) is 6.81. The number of nitrogens with two attached hydrogens (primary N) is 1. The van der Waals surface area contributed by atoms with Crippen LogP contribution in [0.25, 0.3) is 0 Å². The molecular formula is C18H29N.